The first-order chi connectivity index (χ1) is 5.38. The van der Waals surface area contributed by atoms with Crippen LogP contribution in [-0.4, -0.2) is 15.6 Å². The summed E-state index contributed by atoms with van der Waals surface area (Å²) < 4.78 is 5.60. The molecule has 0 N–H and O–H groups in total. The predicted molar refractivity (Wildman–Crippen MR) is 45.4 cm³/mol. The van der Waals surface area contributed by atoms with E-state index in [-0.39, 0.29) is 5.54 Å². The number of rotatable bonds is 2. The van der Waals surface area contributed by atoms with Crippen molar-refractivity contribution in [3.8, 4) is 6.07 Å². The first-order valence-corrected chi connectivity index (χ1v) is 5.96. The third-order valence-electron chi connectivity index (χ3n) is 2.06. The Bertz CT molecular complexity index is 149. The van der Waals surface area contributed by atoms with Crippen LogP contribution in [0.4, 0.5) is 0 Å². The second-order valence-electron chi connectivity index (χ2n) is 2.86. The molecule has 0 spiro atoms. The summed E-state index contributed by atoms with van der Waals surface area (Å²) in [6.45, 7) is 2.97. The molecule has 0 aromatic rings. The van der Waals surface area contributed by atoms with Gasteiger partial charge in [-0.15, -0.1) is 0 Å². The van der Waals surface area contributed by atoms with Crippen LogP contribution in [0.1, 0.15) is 26.2 Å². The molecule has 11 heavy (non-hydrogen) atoms. The van der Waals surface area contributed by atoms with Gasteiger partial charge in [0.25, 0.3) is 0 Å². The number of hydrogen-bond donors (Lipinski definition) is 0. The van der Waals surface area contributed by atoms with Crippen LogP contribution in [0.2, 0.25) is 11.6 Å². The highest BCUT2D eigenvalue weighted by Gasteiger charge is 2.25. The highest BCUT2D eigenvalue weighted by molar-refractivity contribution is 6.54. The lowest BCUT2D eigenvalue weighted by atomic mass is 10.3. The summed E-state index contributed by atoms with van der Waals surface area (Å²) in [5.41, 5.74) is 0.222. The molecule has 1 aliphatic rings. The molecule has 0 aromatic heterocycles. The molecule has 2 nitrogen and oxygen atoms in total. The average molecular weight is 168 g/mol. The van der Waals surface area contributed by atoms with Crippen LogP contribution in [0, 0.1) is 11.3 Å². The molecule has 0 bridgehead atoms. The van der Waals surface area contributed by atoms with Gasteiger partial charge in [0.15, 0.2) is 0 Å². The number of hydrogen-bond acceptors (Lipinski definition) is 2. The molecule has 1 aliphatic heterocycles. The van der Waals surface area contributed by atoms with E-state index < -0.39 is 9.04 Å². The molecule has 1 rings (SSSR count). The number of nitrogens with zero attached hydrogens (tertiary/aromatic N) is 1. The molecule has 1 radical (unpaired) electrons. The van der Waals surface area contributed by atoms with E-state index in [1.807, 2.05) is 0 Å². The van der Waals surface area contributed by atoms with Gasteiger partial charge in [-0.3, -0.25) is 0 Å². The Hall–Kier alpha value is -0.333. The molecule has 0 saturated carbocycles. The SMILES string of the molecule is CCC(C#N)[Si]1CCCCO1. The minimum absolute atomic E-state index is 0.222. The van der Waals surface area contributed by atoms with Crippen LogP contribution in [0.5, 0.6) is 0 Å². The van der Waals surface area contributed by atoms with Crippen molar-refractivity contribution >= 4 is 9.04 Å². The summed E-state index contributed by atoms with van der Waals surface area (Å²) in [6, 6.07) is 3.52. The van der Waals surface area contributed by atoms with Gasteiger partial charge in [0.1, 0.15) is 0 Å². The van der Waals surface area contributed by atoms with E-state index in [0.717, 1.165) is 13.0 Å². The van der Waals surface area contributed by atoms with E-state index in [2.05, 4.69) is 13.0 Å². The highest BCUT2D eigenvalue weighted by Crippen LogP contribution is 2.23. The Balaban J connectivity index is 2.38. The fraction of sp³-hybridized carbons (Fsp3) is 0.875. The zero-order chi connectivity index (χ0) is 8.10. The highest BCUT2D eigenvalue weighted by atomic mass is 28.3. The van der Waals surface area contributed by atoms with E-state index in [9.17, 15) is 0 Å². The van der Waals surface area contributed by atoms with E-state index in [4.69, 9.17) is 9.69 Å². The molecule has 1 atom stereocenters. The van der Waals surface area contributed by atoms with Crippen molar-refractivity contribution in [2.45, 2.75) is 37.8 Å². The Kier molecular flexibility index (Phi) is 3.60. The van der Waals surface area contributed by atoms with Gasteiger partial charge in [-0.05, 0) is 18.9 Å². The van der Waals surface area contributed by atoms with Crippen molar-refractivity contribution in [3.63, 3.8) is 0 Å². The summed E-state index contributed by atoms with van der Waals surface area (Å²) in [6.07, 6.45) is 3.42. The van der Waals surface area contributed by atoms with Crippen molar-refractivity contribution in [1.82, 2.24) is 0 Å². The summed E-state index contributed by atoms with van der Waals surface area (Å²) in [4.78, 5) is 0. The first-order valence-electron chi connectivity index (χ1n) is 4.26. The lowest BCUT2D eigenvalue weighted by Crippen LogP contribution is -2.27. The molecule has 0 aromatic carbocycles. The molecule has 1 fully saturated rings. The molecule has 3 heteroatoms. The second kappa shape index (κ2) is 4.53. The van der Waals surface area contributed by atoms with Crippen LogP contribution in [0.25, 0.3) is 0 Å². The molecule has 0 aliphatic carbocycles. The largest absolute Gasteiger partial charge is 0.415 e. The molecule has 1 unspecified atom stereocenters. The monoisotopic (exact) mass is 168 g/mol. The molecule has 0 amide bonds. The van der Waals surface area contributed by atoms with Crippen LogP contribution in [0.15, 0.2) is 0 Å². The van der Waals surface area contributed by atoms with Crippen LogP contribution >= 0.6 is 0 Å². The Morgan fingerprint density at radius 1 is 1.64 bits per heavy atom. The maximum Gasteiger partial charge on any atom is 0.229 e. The van der Waals surface area contributed by atoms with Crippen molar-refractivity contribution in [3.05, 3.63) is 0 Å². The Morgan fingerprint density at radius 2 is 2.45 bits per heavy atom. The van der Waals surface area contributed by atoms with Gasteiger partial charge in [-0.25, -0.2) is 0 Å². The standard InChI is InChI=1S/C8H14NOSi/c1-2-8(7-9)11-6-4-3-5-10-11/h8H,2-6H2,1H3. The normalized spacial score (nSPS) is 22.5. The molecular weight excluding hydrogens is 154 g/mol. The maximum atomic E-state index is 8.77. The van der Waals surface area contributed by atoms with E-state index in [1.165, 1.54) is 18.9 Å². The van der Waals surface area contributed by atoms with E-state index in [0.29, 0.717) is 0 Å². The summed E-state index contributed by atoms with van der Waals surface area (Å²) in [7, 11) is -0.749. The minimum atomic E-state index is -0.749. The minimum Gasteiger partial charge on any atom is -0.415 e. The van der Waals surface area contributed by atoms with Crippen molar-refractivity contribution in [2.24, 2.45) is 0 Å². The van der Waals surface area contributed by atoms with Crippen molar-refractivity contribution in [2.75, 3.05) is 6.61 Å². The van der Waals surface area contributed by atoms with Crippen LogP contribution in [0.3, 0.4) is 0 Å². The number of nitriles is 1. The third kappa shape index (κ3) is 2.32. The summed E-state index contributed by atoms with van der Waals surface area (Å²) in [5, 5.41) is 8.77. The van der Waals surface area contributed by atoms with Gasteiger partial charge in [-0.1, -0.05) is 13.3 Å². The third-order valence-corrected chi connectivity index (χ3v) is 4.79. The van der Waals surface area contributed by atoms with Crippen molar-refractivity contribution < 1.29 is 4.43 Å². The lowest BCUT2D eigenvalue weighted by Gasteiger charge is -2.22. The second-order valence-corrected chi connectivity index (χ2v) is 5.28. The maximum absolute atomic E-state index is 8.77. The fourth-order valence-electron chi connectivity index (χ4n) is 1.34. The zero-order valence-electron chi connectivity index (χ0n) is 6.97. The van der Waals surface area contributed by atoms with E-state index in [1.54, 1.807) is 0 Å². The van der Waals surface area contributed by atoms with Gasteiger partial charge in [0.05, 0.1) is 11.6 Å². The molecule has 61 valence electrons. The van der Waals surface area contributed by atoms with Gasteiger partial charge < -0.3 is 4.43 Å². The zero-order valence-corrected chi connectivity index (χ0v) is 7.97. The smallest absolute Gasteiger partial charge is 0.229 e. The Morgan fingerprint density at radius 3 is 2.91 bits per heavy atom. The molecule has 1 heterocycles. The average Bonchev–Trinajstić information content (AvgIpc) is 2.09. The van der Waals surface area contributed by atoms with Gasteiger partial charge >= 0.3 is 0 Å². The topological polar surface area (TPSA) is 33.0 Å². The van der Waals surface area contributed by atoms with Crippen molar-refractivity contribution in [1.29, 1.82) is 5.26 Å². The van der Waals surface area contributed by atoms with Crippen LogP contribution in [-0.2, 0) is 4.43 Å². The van der Waals surface area contributed by atoms with Gasteiger partial charge in [-0.2, -0.15) is 5.26 Å². The fourth-order valence-corrected chi connectivity index (χ4v) is 3.64. The van der Waals surface area contributed by atoms with Gasteiger partial charge in [0, 0.05) is 6.61 Å². The molecular formula is C8H14NOSi. The van der Waals surface area contributed by atoms with Gasteiger partial charge in [0.2, 0.25) is 9.04 Å². The quantitative estimate of drug-likeness (QED) is 0.591. The first kappa shape index (κ1) is 8.76. The predicted octanol–water partition coefficient (Wildman–Crippen LogP) is 2.09. The van der Waals surface area contributed by atoms with E-state index >= 15 is 0 Å². The Labute approximate surface area is 69.9 Å². The summed E-state index contributed by atoms with van der Waals surface area (Å²) in [5.74, 6) is 0. The lowest BCUT2D eigenvalue weighted by molar-refractivity contribution is 0.282. The van der Waals surface area contributed by atoms with Crippen LogP contribution < -0.4 is 0 Å². The summed E-state index contributed by atoms with van der Waals surface area (Å²) >= 11 is 0. The molecule has 1 saturated heterocycles.